The zero-order chi connectivity index (χ0) is 8.65. The molecule has 0 spiro atoms. The summed E-state index contributed by atoms with van der Waals surface area (Å²) in [5.74, 6) is 0. The molecule has 0 saturated carbocycles. The van der Waals surface area contributed by atoms with Crippen molar-refractivity contribution in [1.29, 1.82) is 0 Å². The molecule has 0 aliphatic carbocycles. The summed E-state index contributed by atoms with van der Waals surface area (Å²) >= 11 is 0. The van der Waals surface area contributed by atoms with Crippen molar-refractivity contribution in [2.45, 2.75) is 32.6 Å². The van der Waals surface area contributed by atoms with E-state index in [1.807, 2.05) is 23.3 Å². The molecule has 0 saturated heterocycles. The van der Waals surface area contributed by atoms with Gasteiger partial charge in [0.25, 0.3) is 0 Å². The minimum atomic E-state index is 1.19. The maximum atomic E-state index is 2.99. The fourth-order valence-corrected chi connectivity index (χ4v) is 1.10. The van der Waals surface area contributed by atoms with Crippen molar-refractivity contribution in [1.82, 2.24) is 4.98 Å². The third-order valence-electron chi connectivity index (χ3n) is 1.82. The predicted octanol–water partition coefficient (Wildman–Crippen LogP) is 2.35. The molecule has 0 unspecified atom stereocenters. The van der Waals surface area contributed by atoms with Crippen molar-refractivity contribution in [2.24, 2.45) is 0 Å². The van der Waals surface area contributed by atoms with Gasteiger partial charge in [0.15, 0.2) is 0 Å². The summed E-state index contributed by atoms with van der Waals surface area (Å²) in [7, 11) is 0. The number of hydrogen-bond acceptors (Lipinski definition) is 0. The Morgan fingerprint density at radius 3 is 3.00 bits per heavy atom. The Kier molecular flexibility index (Phi) is 4.21. The smallest absolute Gasteiger partial charge is 0.246 e. The SMILES string of the molecule is CCCCCC=C[n+]1cc[nH]c1. The molecule has 0 aliphatic rings. The number of nitrogens with zero attached hydrogens (tertiary/aromatic N) is 1. The van der Waals surface area contributed by atoms with Gasteiger partial charge in [0, 0.05) is 0 Å². The minimum absolute atomic E-state index is 1.19. The summed E-state index contributed by atoms with van der Waals surface area (Å²) in [6.45, 7) is 2.23. The van der Waals surface area contributed by atoms with Crippen LogP contribution in [0.5, 0.6) is 0 Å². The van der Waals surface area contributed by atoms with Gasteiger partial charge < -0.3 is 0 Å². The van der Waals surface area contributed by atoms with E-state index in [-0.39, 0.29) is 0 Å². The van der Waals surface area contributed by atoms with E-state index in [0.29, 0.717) is 0 Å². The predicted molar refractivity (Wildman–Crippen MR) is 50.5 cm³/mol. The maximum Gasteiger partial charge on any atom is 0.246 e. The quantitative estimate of drug-likeness (QED) is 0.510. The highest BCUT2D eigenvalue weighted by atomic mass is 15.0. The summed E-state index contributed by atoms with van der Waals surface area (Å²) < 4.78 is 2.02. The molecule has 0 aromatic carbocycles. The lowest BCUT2D eigenvalue weighted by atomic mass is 10.2. The van der Waals surface area contributed by atoms with Crippen LogP contribution in [0.25, 0.3) is 6.20 Å². The second-order valence-corrected chi connectivity index (χ2v) is 2.94. The van der Waals surface area contributed by atoms with E-state index in [4.69, 9.17) is 0 Å². The number of unbranched alkanes of at least 4 members (excludes halogenated alkanes) is 3. The van der Waals surface area contributed by atoms with Crippen molar-refractivity contribution in [2.75, 3.05) is 0 Å². The molecular formula is C10H17N2+. The van der Waals surface area contributed by atoms with Crippen LogP contribution in [0.3, 0.4) is 0 Å². The van der Waals surface area contributed by atoms with Crippen LogP contribution >= 0.6 is 0 Å². The van der Waals surface area contributed by atoms with Crippen LogP contribution in [0, 0.1) is 0 Å². The monoisotopic (exact) mass is 165 g/mol. The fourth-order valence-electron chi connectivity index (χ4n) is 1.10. The average Bonchev–Trinajstić information content (AvgIpc) is 2.57. The van der Waals surface area contributed by atoms with Gasteiger partial charge in [-0.1, -0.05) is 19.8 Å². The molecule has 0 bridgehead atoms. The first kappa shape index (κ1) is 9.04. The van der Waals surface area contributed by atoms with Gasteiger partial charge in [0.1, 0.15) is 12.4 Å². The molecule has 0 amide bonds. The van der Waals surface area contributed by atoms with E-state index < -0.39 is 0 Å². The Balaban J connectivity index is 2.14. The molecule has 66 valence electrons. The van der Waals surface area contributed by atoms with Crippen LogP contribution < -0.4 is 4.57 Å². The molecular weight excluding hydrogens is 148 g/mol. The molecule has 0 radical (unpaired) electrons. The molecule has 0 aliphatic heterocycles. The number of H-pyrrole nitrogens is 1. The lowest BCUT2D eigenvalue weighted by molar-refractivity contribution is -0.566. The van der Waals surface area contributed by atoms with Gasteiger partial charge >= 0.3 is 0 Å². The normalized spacial score (nSPS) is 11.1. The zero-order valence-corrected chi connectivity index (χ0v) is 7.66. The van der Waals surface area contributed by atoms with Crippen LogP contribution in [0.1, 0.15) is 32.6 Å². The summed E-state index contributed by atoms with van der Waals surface area (Å²) in [4.78, 5) is 2.99. The van der Waals surface area contributed by atoms with E-state index in [1.54, 1.807) is 0 Å². The standard InChI is InChI=1S/C10H16N2/c1-2-3-4-5-6-8-12-9-7-11-10-12/h6-10H,2-5H2,1H3/p+1. The second kappa shape index (κ2) is 5.58. The largest absolute Gasteiger partial charge is 0.250 e. The highest BCUT2D eigenvalue weighted by molar-refractivity contribution is 5.04. The van der Waals surface area contributed by atoms with E-state index >= 15 is 0 Å². The Hall–Kier alpha value is -1.05. The van der Waals surface area contributed by atoms with Gasteiger partial charge in [0.2, 0.25) is 6.33 Å². The van der Waals surface area contributed by atoms with Gasteiger partial charge in [-0.05, 0) is 18.9 Å². The molecule has 12 heavy (non-hydrogen) atoms. The summed E-state index contributed by atoms with van der Waals surface area (Å²) in [5, 5.41) is 0. The highest BCUT2D eigenvalue weighted by Crippen LogP contribution is 1.98. The number of nitrogens with one attached hydrogen (secondary N) is 1. The van der Waals surface area contributed by atoms with E-state index in [9.17, 15) is 0 Å². The number of hydrogen-bond donors (Lipinski definition) is 1. The molecule has 0 atom stereocenters. The molecule has 1 rings (SSSR count). The van der Waals surface area contributed by atoms with Gasteiger partial charge in [-0.2, -0.15) is 0 Å². The third-order valence-corrected chi connectivity index (χ3v) is 1.82. The lowest BCUT2D eigenvalue weighted by Gasteiger charge is -1.89. The Labute approximate surface area is 73.9 Å². The summed E-state index contributed by atoms with van der Waals surface area (Å²) in [6.07, 6.45) is 15.3. The van der Waals surface area contributed by atoms with Crippen LogP contribution in [0.4, 0.5) is 0 Å². The first-order chi connectivity index (χ1) is 5.93. The Morgan fingerprint density at radius 2 is 2.33 bits per heavy atom. The van der Waals surface area contributed by atoms with Gasteiger partial charge in [-0.25, -0.2) is 9.55 Å². The first-order valence-electron chi connectivity index (χ1n) is 4.63. The third kappa shape index (κ3) is 3.37. The molecule has 1 aromatic rings. The van der Waals surface area contributed by atoms with Crippen LogP contribution in [0.2, 0.25) is 0 Å². The number of aromatic nitrogens is 2. The van der Waals surface area contributed by atoms with E-state index in [0.717, 1.165) is 0 Å². The summed E-state index contributed by atoms with van der Waals surface area (Å²) in [6, 6.07) is 0. The van der Waals surface area contributed by atoms with Crippen molar-refractivity contribution >= 4 is 6.20 Å². The van der Waals surface area contributed by atoms with E-state index in [2.05, 4.69) is 24.2 Å². The number of allylic oxidation sites excluding steroid dienone is 1. The van der Waals surface area contributed by atoms with Crippen molar-refractivity contribution in [3.05, 3.63) is 24.8 Å². The second-order valence-electron chi connectivity index (χ2n) is 2.94. The van der Waals surface area contributed by atoms with Crippen LogP contribution in [-0.4, -0.2) is 4.98 Å². The fraction of sp³-hybridized carbons (Fsp3) is 0.500. The molecule has 1 N–H and O–H groups in total. The topological polar surface area (TPSA) is 19.7 Å². The number of imidazole rings is 1. The Morgan fingerprint density at radius 1 is 1.42 bits per heavy atom. The average molecular weight is 165 g/mol. The number of aromatic amines is 1. The Bertz CT molecular complexity index is 212. The summed E-state index contributed by atoms with van der Waals surface area (Å²) in [5.41, 5.74) is 0. The highest BCUT2D eigenvalue weighted by Gasteiger charge is 1.87. The maximum absolute atomic E-state index is 2.99. The van der Waals surface area contributed by atoms with Gasteiger partial charge in [0.05, 0.1) is 6.20 Å². The van der Waals surface area contributed by atoms with Gasteiger partial charge in [-0.3, -0.25) is 0 Å². The molecule has 1 heterocycles. The molecule has 2 nitrogen and oxygen atoms in total. The van der Waals surface area contributed by atoms with Crippen LogP contribution in [-0.2, 0) is 0 Å². The zero-order valence-electron chi connectivity index (χ0n) is 7.66. The minimum Gasteiger partial charge on any atom is -0.250 e. The first-order valence-corrected chi connectivity index (χ1v) is 4.63. The van der Waals surface area contributed by atoms with E-state index in [1.165, 1.54) is 25.7 Å². The molecule has 0 fully saturated rings. The van der Waals surface area contributed by atoms with Gasteiger partial charge in [-0.15, -0.1) is 0 Å². The van der Waals surface area contributed by atoms with Crippen molar-refractivity contribution < 1.29 is 4.57 Å². The van der Waals surface area contributed by atoms with Crippen molar-refractivity contribution in [3.63, 3.8) is 0 Å². The van der Waals surface area contributed by atoms with Crippen molar-refractivity contribution in [3.8, 4) is 0 Å². The van der Waals surface area contributed by atoms with Crippen LogP contribution in [0.15, 0.2) is 24.8 Å². The molecule has 1 aromatic heterocycles. The lowest BCUT2D eigenvalue weighted by Crippen LogP contribution is -2.20. The number of rotatable bonds is 5. The molecule has 2 heteroatoms.